The fourth-order valence-electron chi connectivity index (χ4n) is 6.52. The van der Waals surface area contributed by atoms with Gasteiger partial charge in [0.15, 0.2) is 0 Å². The molecule has 3 aliphatic heterocycles. The second kappa shape index (κ2) is 10.5. The molecule has 2 bridgehead atoms. The largest absolute Gasteiger partial charge is 0.494 e. The molecular formula is C30H37N3O5S. The summed E-state index contributed by atoms with van der Waals surface area (Å²) in [6.07, 6.45) is 1.41. The van der Waals surface area contributed by atoms with Crippen molar-refractivity contribution in [2.75, 3.05) is 18.5 Å². The second-order valence-corrected chi connectivity index (χ2v) is 13.2. The number of nitrogens with one attached hydrogen (secondary N) is 2. The van der Waals surface area contributed by atoms with Gasteiger partial charge >= 0.3 is 0 Å². The monoisotopic (exact) mass is 551 g/mol. The van der Waals surface area contributed by atoms with Gasteiger partial charge < -0.3 is 25.4 Å². The van der Waals surface area contributed by atoms with Gasteiger partial charge in [-0.25, -0.2) is 0 Å². The van der Waals surface area contributed by atoms with Gasteiger partial charge in [-0.15, -0.1) is 11.8 Å². The summed E-state index contributed by atoms with van der Waals surface area (Å²) in [5.41, 5.74) is 0.883. The number of thioether (sulfide) groups is 1. The van der Waals surface area contributed by atoms with E-state index in [0.717, 1.165) is 17.7 Å². The van der Waals surface area contributed by atoms with Crippen molar-refractivity contribution in [1.29, 1.82) is 0 Å². The first kappa shape index (κ1) is 27.5. The number of benzene rings is 2. The van der Waals surface area contributed by atoms with Crippen LogP contribution >= 0.6 is 11.8 Å². The number of hydrogen-bond donors (Lipinski definition) is 3. The van der Waals surface area contributed by atoms with Gasteiger partial charge in [0, 0.05) is 16.5 Å². The highest BCUT2D eigenvalue weighted by molar-refractivity contribution is 8.02. The Balaban J connectivity index is 1.50. The van der Waals surface area contributed by atoms with Gasteiger partial charge in [-0.1, -0.05) is 30.3 Å². The maximum atomic E-state index is 14.3. The predicted molar refractivity (Wildman–Crippen MR) is 151 cm³/mol. The van der Waals surface area contributed by atoms with Crippen molar-refractivity contribution in [3.8, 4) is 5.75 Å². The Labute approximate surface area is 233 Å². The zero-order chi connectivity index (χ0) is 27.9. The van der Waals surface area contributed by atoms with Crippen molar-refractivity contribution in [2.24, 2.45) is 11.8 Å². The lowest BCUT2D eigenvalue weighted by molar-refractivity contribution is -0.142. The molecule has 3 saturated heterocycles. The molecule has 208 valence electrons. The van der Waals surface area contributed by atoms with Crippen LogP contribution in [0.1, 0.15) is 52.1 Å². The molecule has 0 saturated carbocycles. The van der Waals surface area contributed by atoms with Gasteiger partial charge in [0.1, 0.15) is 11.8 Å². The zero-order valence-electron chi connectivity index (χ0n) is 22.8. The maximum Gasteiger partial charge on any atom is 0.244 e. The first-order valence-corrected chi connectivity index (χ1v) is 14.5. The molecule has 3 amide bonds. The number of nitrogens with zero attached hydrogens (tertiary/aromatic N) is 1. The molecule has 5 rings (SSSR count). The van der Waals surface area contributed by atoms with E-state index in [0.29, 0.717) is 18.7 Å². The van der Waals surface area contributed by atoms with Crippen LogP contribution in [0.25, 0.3) is 0 Å². The van der Waals surface area contributed by atoms with Gasteiger partial charge in [-0.05, 0) is 70.4 Å². The smallest absolute Gasteiger partial charge is 0.244 e. The van der Waals surface area contributed by atoms with Crippen LogP contribution in [0.3, 0.4) is 0 Å². The van der Waals surface area contributed by atoms with E-state index in [1.165, 1.54) is 0 Å². The molecule has 2 unspecified atom stereocenters. The summed E-state index contributed by atoms with van der Waals surface area (Å²) >= 11 is 1.61. The third-order valence-electron chi connectivity index (χ3n) is 7.91. The molecule has 8 nitrogen and oxygen atoms in total. The van der Waals surface area contributed by atoms with E-state index >= 15 is 0 Å². The Morgan fingerprint density at radius 2 is 1.82 bits per heavy atom. The minimum atomic E-state index is -0.801. The lowest BCUT2D eigenvalue weighted by Crippen LogP contribution is -2.57. The van der Waals surface area contributed by atoms with E-state index in [9.17, 15) is 19.5 Å². The Morgan fingerprint density at radius 1 is 1.13 bits per heavy atom. The highest BCUT2D eigenvalue weighted by atomic mass is 32.2. The van der Waals surface area contributed by atoms with E-state index < -0.39 is 34.2 Å². The minimum Gasteiger partial charge on any atom is -0.494 e. The fourth-order valence-corrected chi connectivity index (χ4v) is 8.73. The normalized spacial score (nSPS) is 28.2. The molecule has 0 radical (unpaired) electrons. The van der Waals surface area contributed by atoms with Crippen LogP contribution in [0.15, 0.2) is 54.6 Å². The summed E-state index contributed by atoms with van der Waals surface area (Å²) in [4.78, 5) is 43.6. The first-order valence-electron chi connectivity index (χ1n) is 13.6. The van der Waals surface area contributed by atoms with Gasteiger partial charge in [0.2, 0.25) is 17.7 Å². The van der Waals surface area contributed by atoms with Crippen molar-refractivity contribution < 1.29 is 24.2 Å². The highest BCUT2D eigenvalue weighted by Crippen LogP contribution is 2.67. The van der Waals surface area contributed by atoms with E-state index in [4.69, 9.17) is 4.74 Å². The highest BCUT2D eigenvalue weighted by Gasteiger charge is 2.74. The van der Waals surface area contributed by atoms with Crippen LogP contribution in [0, 0.1) is 11.8 Å². The molecule has 3 heterocycles. The average Bonchev–Trinajstić information content (AvgIpc) is 3.53. The Kier molecular flexibility index (Phi) is 7.41. The van der Waals surface area contributed by atoms with Gasteiger partial charge in [-0.2, -0.15) is 0 Å². The lowest BCUT2D eigenvalue weighted by atomic mass is 9.70. The van der Waals surface area contributed by atoms with Crippen molar-refractivity contribution in [1.82, 2.24) is 10.2 Å². The topological polar surface area (TPSA) is 108 Å². The van der Waals surface area contributed by atoms with E-state index in [2.05, 4.69) is 10.6 Å². The van der Waals surface area contributed by atoms with E-state index in [1.807, 2.05) is 58.0 Å². The number of aliphatic hydroxyl groups excluding tert-OH is 1. The molecule has 2 aromatic carbocycles. The quantitative estimate of drug-likeness (QED) is 0.461. The Hall–Kier alpha value is -3.04. The summed E-state index contributed by atoms with van der Waals surface area (Å²) in [6.45, 7) is 7.87. The van der Waals surface area contributed by atoms with Gasteiger partial charge in [0.05, 0.1) is 35.8 Å². The van der Waals surface area contributed by atoms with E-state index in [1.54, 1.807) is 40.9 Å². The van der Waals surface area contributed by atoms with Gasteiger partial charge in [0.25, 0.3) is 0 Å². The molecular weight excluding hydrogens is 514 g/mol. The van der Waals surface area contributed by atoms with Crippen LogP contribution in [0.2, 0.25) is 0 Å². The molecule has 3 N–H and O–H groups in total. The number of aliphatic hydroxyl groups is 1. The van der Waals surface area contributed by atoms with Crippen LogP contribution in [0.5, 0.6) is 5.75 Å². The third kappa shape index (κ3) is 4.91. The number of likely N-dealkylation sites (tertiary alicyclic amines) is 1. The molecule has 3 fully saturated rings. The maximum absolute atomic E-state index is 14.3. The average molecular weight is 552 g/mol. The summed E-state index contributed by atoms with van der Waals surface area (Å²) in [5.74, 6) is -1.21. The zero-order valence-corrected chi connectivity index (χ0v) is 23.7. The van der Waals surface area contributed by atoms with Crippen LogP contribution in [0.4, 0.5) is 5.69 Å². The van der Waals surface area contributed by atoms with Crippen LogP contribution in [-0.4, -0.2) is 62.5 Å². The van der Waals surface area contributed by atoms with E-state index in [-0.39, 0.29) is 29.6 Å². The number of carbonyl (C=O) groups excluding carboxylic acids is 3. The predicted octanol–water partition coefficient (Wildman–Crippen LogP) is 3.76. The number of carbonyl (C=O) groups is 3. The number of fused-ring (bicyclic) bond motifs is 1. The Morgan fingerprint density at radius 3 is 2.44 bits per heavy atom. The molecule has 9 heteroatoms. The molecule has 6 atom stereocenters. The summed E-state index contributed by atoms with van der Waals surface area (Å²) in [6, 6.07) is 15.0. The van der Waals surface area contributed by atoms with Crippen LogP contribution < -0.4 is 15.4 Å². The van der Waals surface area contributed by atoms with Crippen molar-refractivity contribution >= 4 is 35.2 Å². The number of ether oxygens (including phenoxy) is 1. The lowest BCUT2D eigenvalue weighted by Gasteiger charge is -2.38. The van der Waals surface area contributed by atoms with Crippen molar-refractivity contribution in [3.05, 3.63) is 60.2 Å². The number of rotatable bonds is 8. The molecule has 2 aromatic rings. The summed E-state index contributed by atoms with van der Waals surface area (Å²) < 4.78 is 4.77. The first-order chi connectivity index (χ1) is 18.6. The number of amides is 3. The molecule has 0 aromatic heterocycles. The van der Waals surface area contributed by atoms with Gasteiger partial charge in [-0.3, -0.25) is 14.4 Å². The Bertz CT molecular complexity index is 1230. The summed E-state index contributed by atoms with van der Waals surface area (Å²) in [5, 5.41) is 16.6. The number of hydrogen-bond acceptors (Lipinski definition) is 6. The second-order valence-electron chi connectivity index (χ2n) is 11.6. The SMILES string of the molecule is CCOc1ccc(NC(=O)[C@@H]2[C@H]3C(=O)N([C@H](CO)c4ccccc4)C(C(=O)NC(C)(C)C)C34CC[C@H]2S4)cc1. The molecule has 3 aliphatic rings. The fraction of sp³-hybridized carbons (Fsp3) is 0.500. The standard InChI is InChI=1S/C30H37N3O5S/c1-5-38-20-13-11-19(12-14-20)31-26(35)23-22-15-16-30(39-22)24(23)28(37)33(25(30)27(36)32-29(2,3)4)21(17-34)18-9-7-6-8-10-18/h6-14,21-25,34H,5,15-17H2,1-4H3,(H,31,35)(H,32,36)/t21-,22-,23+,24+,25?,30?/m1/s1. The van der Waals surface area contributed by atoms with Crippen LogP contribution in [-0.2, 0) is 14.4 Å². The molecule has 39 heavy (non-hydrogen) atoms. The molecule has 1 spiro atoms. The summed E-state index contributed by atoms with van der Waals surface area (Å²) in [7, 11) is 0. The minimum absolute atomic E-state index is 0.0574. The number of anilines is 1. The third-order valence-corrected chi connectivity index (χ3v) is 9.87. The van der Waals surface area contributed by atoms with Crippen molar-refractivity contribution in [3.63, 3.8) is 0 Å². The molecule has 0 aliphatic carbocycles. The van der Waals surface area contributed by atoms with Crippen molar-refractivity contribution in [2.45, 2.75) is 68.2 Å².